The van der Waals surface area contributed by atoms with Crippen molar-refractivity contribution in [1.82, 2.24) is 4.90 Å². The van der Waals surface area contributed by atoms with E-state index >= 15 is 0 Å². The fraction of sp³-hybridized carbons (Fsp3) is 0.389. The Morgan fingerprint density at radius 2 is 2.00 bits per heavy atom. The number of carbonyl (C=O) groups is 1. The van der Waals surface area contributed by atoms with E-state index < -0.39 is 0 Å². The zero-order chi connectivity index (χ0) is 15.4. The van der Waals surface area contributed by atoms with E-state index in [1.807, 2.05) is 23.1 Å². The Morgan fingerprint density at radius 1 is 1.18 bits per heavy atom. The molecule has 1 aromatic heterocycles. The van der Waals surface area contributed by atoms with E-state index in [1.54, 1.807) is 11.3 Å². The smallest absolute Gasteiger partial charge is 0.222 e. The zero-order valence-corrected chi connectivity index (χ0v) is 13.5. The molecule has 116 valence electrons. The lowest BCUT2D eigenvalue weighted by atomic mass is 9.95. The third kappa shape index (κ3) is 3.57. The lowest BCUT2D eigenvalue weighted by Gasteiger charge is -2.16. The number of rotatable bonds is 5. The summed E-state index contributed by atoms with van der Waals surface area (Å²) in [5, 5.41) is 2.08. The second kappa shape index (κ2) is 7.07. The molecule has 0 bridgehead atoms. The van der Waals surface area contributed by atoms with Crippen molar-refractivity contribution in [3.63, 3.8) is 0 Å². The highest BCUT2D eigenvalue weighted by Crippen LogP contribution is 2.27. The van der Waals surface area contributed by atoms with Crippen molar-refractivity contribution in [2.45, 2.75) is 31.2 Å². The number of benzene rings is 1. The van der Waals surface area contributed by atoms with Gasteiger partial charge in [-0.3, -0.25) is 4.79 Å². The molecule has 1 fully saturated rings. The van der Waals surface area contributed by atoms with Gasteiger partial charge in [0.15, 0.2) is 0 Å². The van der Waals surface area contributed by atoms with E-state index in [4.69, 9.17) is 5.73 Å². The Hall–Kier alpha value is -1.65. The molecule has 2 N–H and O–H groups in total. The summed E-state index contributed by atoms with van der Waals surface area (Å²) in [6.45, 7) is 1.43. The average Bonchev–Trinajstić information content (AvgIpc) is 3.17. The van der Waals surface area contributed by atoms with E-state index in [-0.39, 0.29) is 17.9 Å². The SMILES string of the molecule is NC1CN(C(=O)CCCc2cccs2)CC1c1ccccc1. The third-order valence-electron chi connectivity index (χ3n) is 4.34. The van der Waals surface area contributed by atoms with Gasteiger partial charge >= 0.3 is 0 Å². The topological polar surface area (TPSA) is 46.3 Å². The molecule has 1 aromatic carbocycles. The first-order chi connectivity index (χ1) is 10.7. The average molecular weight is 314 g/mol. The number of likely N-dealkylation sites (tertiary alicyclic amines) is 1. The molecule has 22 heavy (non-hydrogen) atoms. The molecule has 2 unspecified atom stereocenters. The molecule has 1 aliphatic rings. The summed E-state index contributed by atoms with van der Waals surface area (Å²) in [7, 11) is 0. The molecule has 1 aliphatic heterocycles. The third-order valence-corrected chi connectivity index (χ3v) is 5.28. The number of hydrogen-bond donors (Lipinski definition) is 1. The predicted molar refractivity (Wildman–Crippen MR) is 91.0 cm³/mol. The molecule has 0 saturated carbocycles. The van der Waals surface area contributed by atoms with Gasteiger partial charge in [-0.25, -0.2) is 0 Å². The van der Waals surface area contributed by atoms with Crippen molar-refractivity contribution in [1.29, 1.82) is 0 Å². The number of nitrogens with two attached hydrogens (primary N) is 1. The van der Waals surface area contributed by atoms with Crippen LogP contribution in [-0.2, 0) is 11.2 Å². The van der Waals surface area contributed by atoms with Crippen molar-refractivity contribution in [2.24, 2.45) is 5.73 Å². The van der Waals surface area contributed by atoms with Gasteiger partial charge in [0.05, 0.1) is 0 Å². The molecule has 0 aliphatic carbocycles. The largest absolute Gasteiger partial charge is 0.340 e. The minimum absolute atomic E-state index is 0.0450. The minimum Gasteiger partial charge on any atom is -0.340 e. The Labute approximate surface area is 135 Å². The van der Waals surface area contributed by atoms with Gasteiger partial charge in [0, 0.05) is 36.3 Å². The van der Waals surface area contributed by atoms with Gasteiger partial charge in [-0.05, 0) is 29.9 Å². The minimum atomic E-state index is 0.0450. The molecule has 3 rings (SSSR count). The summed E-state index contributed by atoms with van der Waals surface area (Å²) >= 11 is 1.76. The molecule has 0 spiro atoms. The van der Waals surface area contributed by atoms with Crippen LogP contribution in [0.3, 0.4) is 0 Å². The van der Waals surface area contributed by atoms with Crippen LogP contribution in [0.5, 0.6) is 0 Å². The summed E-state index contributed by atoms with van der Waals surface area (Å²) < 4.78 is 0. The number of aryl methyl sites for hydroxylation is 1. The first-order valence-electron chi connectivity index (χ1n) is 7.84. The molecule has 3 nitrogen and oxygen atoms in total. The molecule has 2 aromatic rings. The van der Waals surface area contributed by atoms with Gasteiger partial charge < -0.3 is 10.6 Å². The Morgan fingerprint density at radius 3 is 2.73 bits per heavy atom. The van der Waals surface area contributed by atoms with Crippen LogP contribution >= 0.6 is 11.3 Å². The van der Waals surface area contributed by atoms with Crippen LogP contribution in [0.4, 0.5) is 0 Å². The van der Waals surface area contributed by atoms with Crippen molar-refractivity contribution in [2.75, 3.05) is 13.1 Å². The van der Waals surface area contributed by atoms with Crippen LogP contribution in [-0.4, -0.2) is 29.9 Å². The number of nitrogens with zero attached hydrogens (tertiary/aromatic N) is 1. The van der Waals surface area contributed by atoms with Crippen molar-refractivity contribution in [3.05, 3.63) is 58.3 Å². The van der Waals surface area contributed by atoms with Gasteiger partial charge in [0.2, 0.25) is 5.91 Å². The summed E-state index contributed by atoms with van der Waals surface area (Å²) in [5.41, 5.74) is 7.49. The van der Waals surface area contributed by atoms with Gasteiger partial charge in [-0.1, -0.05) is 36.4 Å². The van der Waals surface area contributed by atoms with E-state index in [2.05, 4.69) is 29.6 Å². The normalized spacial score (nSPS) is 21.2. The fourth-order valence-corrected chi connectivity index (χ4v) is 3.86. The molecule has 0 radical (unpaired) electrons. The van der Waals surface area contributed by atoms with Crippen molar-refractivity contribution < 1.29 is 4.79 Å². The standard InChI is InChI=1S/C18H22N2OS/c19-17-13-20(12-16(17)14-6-2-1-3-7-14)18(21)10-4-8-15-9-5-11-22-15/h1-3,5-7,9,11,16-17H,4,8,10,12-13,19H2. The number of carbonyl (C=O) groups excluding carboxylic acids is 1. The number of amides is 1. The van der Waals surface area contributed by atoms with E-state index in [0.29, 0.717) is 13.0 Å². The maximum Gasteiger partial charge on any atom is 0.222 e. The maximum atomic E-state index is 12.4. The molecule has 2 atom stereocenters. The number of hydrogen-bond acceptors (Lipinski definition) is 3. The lowest BCUT2D eigenvalue weighted by Crippen LogP contribution is -2.32. The quantitative estimate of drug-likeness (QED) is 0.922. The van der Waals surface area contributed by atoms with E-state index in [1.165, 1.54) is 10.4 Å². The second-order valence-corrected chi connectivity index (χ2v) is 6.94. The highest BCUT2D eigenvalue weighted by atomic mass is 32.1. The molecule has 1 amide bonds. The van der Waals surface area contributed by atoms with E-state index in [0.717, 1.165) is 19.4 Å². The van der Waals surface area contributed by atoms with Gasteiger partial charge in [-0.2, -0.15) is 0 Å². The monoisotopic (exact) mass is 314 g/mol. The lowest BCUT2D eigenvalue weighted by molar-refractivity contribution is -0.130. The first kappa shape index (κ1) is 15.3. The highest BCUT2D eigenvalue weighted by Gasteiger charge is 2.33. The maximum absolute atomic E-state index is 12.4. The van der Waals surface area contributed by atoms with E-state index in [9.17, 15) is 4.79 Å². The Balaban J connectivity index is 1.51. The summed E-state index contributed by atoms with van der Waals surface area (Å²) in [6.07, 6.45) is 2.53. The molecule has 2 heterocycles. The van der Waals surface area contributed by atoms with Gasteiger partial charge in [0.1, 0.15) is 0 Å². The van der Waals surface area contributed by atoms with Crippen LogP contribution < -0.4 is 5.73 Å². The first-order valence-corrected chi connectivity index (χ1v) is 8.72. The van der Waals surface area contributed by atoms with Gasteiger partial charge in [-0.15, -0.1) is 11.3 Å². The summed E-state index contributed by atoms with van der Waals surface area (Å²) in [5.74, 6) is 0.507. The molecular formula is C18H22N2OS. The van der Waals surface area contributed by atoms with Crippen LogP contribution in [0.2, 0.25) is 0 Å². The van der Waals surface area contributed by atoms with Crippen LogP contribution in [0.1, 0.15) is 29.2 Å². The zero-order valence-electron chi connectivity index (χ0n) is 12.7. The fourth-order valence-electron chi connectivity index (χ4n) is 3.11. The molecule has 1 saturated heterocycles. The summed E-state index contributed by atoms with van der Waals surface area (Å²) in [4.78, 5) is 15.7. The van der Waals surface area contributed by atoms with Crippen LogP contribution in [0.15, 0.2) is 47.8 Å². The highest BCUT2D eigenvalue weighted by molar-refractivity contribution is 7.09. The summed E-state index contributed by atoms with van der Waals surface area (Å²) in [6, 6.07) is 14.5. The van der Waals surface area contributed by atoms with Crippen molar-refractivity contribution >= 4 is 17.2 Å². The van der Waals surface area contributed by atoms with Crippen molar-refractivity contribution in [3.8, 4) is 0 Å². The second-order valence-electron chi connectivity index (χ2n) is 5.91. The van der Waals surface area contributed by atoms with Gasteiger partial charge in [0.25, 0.3) is 0 Å². The number of thiophene rings is 1. The Kier molecular flexibility index (Phi) is 4.90. The van der Waals surface area contributed by atoms with Crippen LogP contribution in [0.25, 0.3) is 0 Å². The van der Waals surface area contributed by atoms with Crippen LogP contribution in [0, 0.1) is 0 Å². The molecular weight excluding hydrogens is 292 g/mol. The predicted octanol–water partition coefficient (Wildman–Crippen LogP) is 3.02. The molecule has 4 heteroatoms. The Bertz CT molecular complexity index is 597.